The normalized spacial score (nSPS) is 21.6. The van der Waals surface area contributed by atoms with E-state index in [2.05, 4.69) is 60.8 Å². The van der Waals surface area contributed by atoms with E-state index in [1.165, 1.54) is 23.1 Å². The first-order chi connectivity index (χ1) is 10.3. The van der Waals surface area contributed by atoms with E-state index in [1.807, 2.05) is 6.07 Å². The zero-order valence-electron chi connectivity index (χ0n) is 12.6. The van der Waals surface area contributed by atoms with E-state index < -0.39 is 0 Å². The molecule has 0 aliphatic carbocycles. The van der Waals surface area contributed by atoms with Crippen molar-refractivity contribution in [2.75, 3.05) is 13.2 Å². The zero-order chi connectivity index (χ0) is 14.5. The van der Waals surface area contributed by atoms with Crippen molar-refractivity contribution in [3.05, 3.63) is 60.2 Å². The Hall–Kier alpha value is -1.64. The van der Waals surface area contributed by atoms with Gasteiger partial charge in [-0.1, -0.05) is 54.6 Å². The Labute approximate surface area is 127 Å². The molecule has 1 saturated heterocycles. The molecule has 0 radical (unpaired) electrons. The Kier molecular flexibility index (Phi) is 4.37. The van der Waals surface area contributed by atoms with Crippen LogP contribution in [0.2, 0.25) is 0 Å². The Morgan fingerprint density at radius 1 is 1.00 bits per heavy atom. The van der Waals surface area contributed by atoms with Crippen molar-refractivity contribution in [1.29, 1.82) is 0 Å². The SMILES string of the molecule is CC1(CNCc2ccc(-c3ccccc3)cc2)CCCO1. The molecular formula is C19H23NO. The maximum atomic E-state index is 5.79. The van der Waals surface area contributed by atoms with Crippen LogP contribution >= 0.6 is 0 Å². The lowest BCUT2D eigenvalue weighted by atomic mass is 10.0. The van der Waals surface area contributed by atoms with Gasteiger partial charge in [-0.05, 0) is 36.5 Å². The van der Waals surface area contributed by atoms with E-state index in [0.29, 0.717) is 0 Å². The third-order valence-corrected chi connectivity index (χ3v) is 4.19. The number of ether oxygens (including phenoxy) is 1. The standard InChI is InChI=1S/C19H23NO/c1-19(12-5-13-21-19)15-20-14-16-8-10-18(11-9-16)17-6-3-2-4-7-17/h2-4,6-11,20H,5,12-15H2,1H3. The molecule has 1 N–H and O–H groups in total. The van der Waals surface area contributed by atoms with Gasteiger partial charge in [0.15, 0.2) is 0 Å². The van der Waals surface area contributed by atoms with Crippen molar-refractivity contribution in [2.24, 2.45) is 0 Å². The highest BCUT2D eigenvalue weighted by atomic mass is 16.5. The number of hydrogen-bond donors (Lipinski definition) is 1. The Balaban J connectivity index is 1.55. The molecular weight excluding hydrogens is 258 g/mol. The van der Waals surface area contributed by atoms with Crippen molar-refractivity contribution in [3.8, 4) is 11.1 Å². The summed E-state index contributed by atoms with van der Waals surface area (Å²) in [7, 11) is 0. The van der Waals surface area contributed by atoms with E-state index in [4.69, 9.17) is 4.74 Å². The third kappa shape index (κ3) is 3.72. The van der Waals surface area contributed by atoms with Crippen LogP contribution in [0.5, 0.6) is 0 Å². The average molecular weight is 281 g/mol. The molecule has 0 aromatic heterocycles. The first-order valence-electron chi connectivity index (χ1n) is 7.74. The zero-order valence-corrected chi connectivity index (χ0v) is 12.6. The van der Waals surface area contributed by atoms with Crippen molar-refractivity contribution in [3.63, 3.8) is 0 Å². The average Bonchev–Trinajstić information content (AvgIpc) is 2.96. The van der Waals surface area contributed by atoms with Gasteiger partial charge in [-0.2, -0.15) is 0 Å². The van der Waals surface area contributed by atoms with Crippen LogP contribution in [0.1, 0.15) is 25.3 Å². The number of nitrogens with one attached hydrogen (secondary N) is 1. The summed E-state index contributed by atoms with van der Waals surface area (Å²) in [6.07, 6.45) is 2.34. The summed E-state index contributed by atoms with van der Waals surface area (Å²) in [6.45, 7) is 4.93. The van der Waals surface area contributed by atoms with Crippen molar-refractivity contribution < 1.29 is 4.74 Å². The van der Waals surface area contributed by atoms with Crippen LogP contribution in [0.15, 0.2) is 54.6 Å². The molecule has 2 nitrogen and oxygen atoms in total. The van der Waals surface area contributed by atoms with Gasteiger partial charge < -0.3 is 10.1 Å². The molecule has 0 bridgehead atoms. The van der Waals surface area contributed by atoms with Gasteiger partial charge in [-0.25, -0.2) is 0 Å². The second-order valence-corrected chi connectivity index (χ2v) is 6.07. The van der Waals surface area contributed by atoms with Gasteiger partial charge in [0.25, 0.3) is 0 Å². The van der Waals surface area contributed by atoms with Gasteiger partial charge in [0, 0.05) is 19.7 Å². The molecule has 0 saturated carbocycles. The van der Waals surface area contributed by atoms with Crippen LogP contribution < -0.4 is 5.32 Å². The molecule has 1 aliphatic heterocycles. The van der Waals surface area contributed by atoms with Crippen LogP contribution in [0.25, 0.3) is 11.1 Å². The molecule has 21 heavy (non-hydrogen) atoms. The summed E-state index contributed by atoms with van der Waals surface area (Å²) >= 11 is 0. The molecule has 2 aromatic carbocycles. The fourth-order valence-corrected chi connectivity index (χ4v) is 2.89. The predicted octanol–water partition coefficient (Wildman–Crippen LogP) is 4.01. The number of benzene rings is 2. The lowest BCUT2D eigenvalue weighted by molar-refractivity contribution is 0.0207. The van der Waals surface area contributed by atoms with Crippen LogP contribution in [0.3, 0.4) is 0 Å². The monoisotopic (exact) mass is 281 g/mol. The van der Waals surface area contributed by atoms with Crippen LogP contribution in [0.4, 0.5) is 0 Å². The van der Waals surface area contributed by atoms with Gasteiger partial charge in [0.1, 0.15) is 0 Å². The summed E-state index contributed by atoms with van der Waals surface area (Å²) in [5.74, 6) is 0. The second-order valence-electron chi connectivity index (χ2n) is 6.07. The van der Waals surface area contributed by atoms with E-state index in [-0.39, 0.29) is 5.60 Å². The first-order valence-corrected chi connectivity index (χ1v) is 7.74. The quantitative estimate of drug-likeness (QED) is 0.894. The van der Waals surface area contributed by atoms with E-state index in [9.17, 15) is 0 Å². The Bertz CT molecular complexity index is 556. The molecule has 2 heteroatoms. The van der Waals surface area contributed by atoms with Crippen LogP contribution in [0, 0.1) is 0 Å². The maximum absolute atomic E-state index is 5.79. The topological polar surface area (TPSA) is 21.3 Å². The highest BCUT2D eigenvalue weighted by molar-refractivity contribution is 5.63. The predicted molar refractivity (Wildman–Crippen MR) is 87.2 cm³/mol. The lowest BCUT2D eigenvalue weighted by Crippen LogP contribution is -2.36. The van der Waals surface area contributed by atoms with Gasteiger partial charge in [-0.3, -0.25) is 0 Å². The minimum Gasteiger partial charge on any atom is -0.374 e. The number of rotatable bonds is 5. The minimum atomic E-state index is 0.0317. The summed E-state index contributed by atoms with van der Waals surface area (Å²) in [5.41, 5.74) is 3.88. The summed E-state index contributed by atoms with van der Waals surface area (Å²) in [4.78, 5) is 0. The molecule has 110 valence electrons. The van der Waals surface area contributed by atoms with Crippen molar-refractivity contribution in [1.82, 2.24) is 5.32 Å². The van der Waals surface area contributed by atoms with E-state index in [0.717, 1.165) is 26.1 Å². The van der Waals surface area contributed by atoms with Gasteiger partial charge in [0.2, 0.25) is 0 Å². The largest absolute Gasteiger partial charge is 0.374 e. The fourth-order valence-electron chi connectivity index (χ4n) is 2.89. The highest BCUT2D eigenvalue weighted by Crippen LogP contribution is 2.24. The molecule has 2 aromatic rings. The smallest absolute Gasteiger partial charge is 0.0779 e. The summed E-state index contributed by atoms with van der Waals surface area (Å²) in [6, 6.07) is 19.3. The number of hydrogen-bond acceptors (Lipinski definition) is 2. The molecule has 1 atom stereocenters. The minimum absolute atomic E-state index is 0.0317. The Morgan fingerprint density at radius 2 is 1.71 bits per heavy atom. The van der Waals surface area contributed by atoms with Gasteiger partial charge >= 0.3 is 0 Å². The van der Waals surface area contributed by atoms with Crippen molar-refractivity contribution >= 4 is 0 Å². The van der Waals surface area contributed by atoms with E-state index in [1.54, 1.807) is 0 Å². The van der Waals surface area contributed by atoms with Crippen LogP contribution in [-0.2, 0) is 11.3 Å². The van der Waals surface area contributed by atoms with Crippen LogP contribution in [-0.4, -0.2) is 18.8 Å². The Morgan fingerprint density at radius 3 is 2.38 bits per heavy atom. The fraction of sp³-hybridized carbons (Fsp3) is 0.368. The van der Waals surface area contributed by atoms with Crippen molar-refractivity contribution in [2.45, 2.75) is 31.9 Å². The highest BCUT2D eigenvalue weighted by Gasteiger charge is 2.28. The second kappa shape index (κ2) is 6.42. The molecule has 3 rings (SSSR count). The molecule has 1 heterocycles. The molecule has 0 amide bonds. The summed E-state index contributed by atoms with van der Waals surface area (Å²) in [5, 5.41) is 3.52. The van der Waals surface area contributed by atoms with Gasteiger partial charge in [-0.15, -0.1) is 0 Å². The third-order valence-electron chi connectivity index (χ3n) is 4.19. The van der Waals surface area contributed by atoms with E-state index >= 15 is 0 Å². The molecule has 1 unspecified atom stereocenters. The molecule has 0 spiro atoms. The van der Waals surface area contributed by atoms with Gasteiger partial charge in [0.05, 0.1) is 5.60 Å². The first kappa shape index (κ1) is 14.3. The molecule has 1 fully saturated rings. The lowest BCUT2D eigenvalue weighted by Gasteiger charge is -2.23. The summed E-state index contributed by atoms with van der Waals surface area (Å²) < 4.78 is 5.79. The maximum Gasteiger partial charge on any atom is 0.0779 e. The molecule has 1 aliphatic rings.